The van der Waals surface area contributed by atoms with E-state index in [2.05, 4.69) is 26.7 Å². The number of hydrogen-bond acceptors (Lipinski definition) is 5. The Morgan fingerprint density at radius 3 is 2.68 bits per heavy atom. The maximum atomic E-state index is 12.4. The van der Waals surface area contributed by atoms with E-state index < -0.39 is 5.92 Å². The first-order valence-corrected chi connectivity index (χ1v) is 10.1. The Bertz CT molecular complexity index is 802. The van der Waals surface area contributed by atoms with Crippen LogP contribution in [0.3, 0.4) is 0 Å². The van der Waals surface area contributed by atoms with Gasteiger partial charge in [-0.25, -0.2) is 18.7 Å². The van der Waals surface area contributed by atoms with Gasteiger partial charge in [0.05, 0.1) is 17.1 Å². The number of nitriles is 1. The lowest BCUT2D eigenvalue weighted by atomic mass is 9.95. The number of alkyl halides is 2. The molecule has 28 heavy (non-hydrogen) atoms. The van der Waals surface area contributed by atoms with E-state index in [1.165, 1.54) is 32.1 Å². The van der Waals surface area contributed by atoms with E-state index in [9.17, 15) is 8.78 Å². The Labute approximate surface area is 164 Å². The van der Waals surface area contributed by atoms with Gasteiger partial charge in [0.25, 0.3) is 0 Å². The summed E-state index contributed by atoms with van der Waals surface area (Å²) in [5.74, 6) is -1.54. The fourth-order valence-corrected chi connectivity index (χ4v) is 3.67. The van der Waals surface area contributed by atoms with E-state index in [0.717, 1.165) is 23.3 Å². The molecule has 1 aromatic heterocycles. The summed E-state index contributed by atoms with van der Waals surface area (Å²) >= 11 is 0. The molecule has 1 saturated carbocycles. The van der Waals surface area contributed by atoms with Gasteiger partial charge in [0, 0.05) is 30.8 Å². The molecule has 0 amide bonds. The van der Waals surface area contributed by atoms with Crippen molar-refractivity contribution in [2.75, 3.05) is 18.4 Å². The molecular formula is C21H27F2N5. The number of aromatic nitrogens is 2. The highest BCUT2D eigenvalue weighted by Gasteiger charge is 2.28. The van der Waals surface area contributed by atoms with E-state index >= 15 is 0 Å². The summed E-state index contributed by atoms with van der Waals surface area (Å²) in [6, 6.07) is 8.19. The second kappa shape index (κ2) is 9.74. The van der Waals surface area contributed by atoms with Crippen molar-refractivity contribution in [3.63, 3.8) is 0 Å². The number of halogens is 2. The molecule has 1 aliphatic heterocycles. The van der Waals surface area contributed by atoms with E-state index in [1.54, 1.807) is 12.4 Å². The highest BCUT2D eigenvalue weighted by molar-refractivity contribution is 5.89. The molecule has 2 aromatic rings. The molecule has 5 nitrogen and oxygen atoms in total. The van der Waals surface area contributed by atoms with Gasteiger partial charge in [0.2, 0.25) is 5.92 Å². The number of rotatable bonds is 2. The van der Waals surface area contributed by atoms with Crippen LogP contribution >= 0.6 is 0 Å². The van der Waals surface area contributed by atoms with Crippen LogP contribution < -0.4 is 10.6 Å². The van der Waals surface area contributed by atoms with E-state index in [0.29, 0.717) is 24.6 Å². The van der Waals surface area contributed by atoms with Crippen molar-refractivity contribution in [2.24, 2.45) is 0 Å². The minimum absolute atomic E-state index is 0.00694. The number of benzene rings is 1. The second-order valence-electron chi connectivity index (χ2n) is 7.50. The topological polar surface area (TPSA) is 73.6 Å². The molecule has 0 unspecified atom stereocenters. The number of nitrogens with zero attached hydrogens (tertiary/aromatic N) is 3. The summed E-state index contributed by atoms with van der Waals surface area (Å²) in [6.45, 7) is 1.21. The summed E-state index contributed by atoms with van der Waals surface area (Å²) in [4.78, 5) is 8.59. The lowest BCUT2D eigenvalue weighted by Gasteiger charge is -2.23. The largest absolute Gasteiger partial charge is 0.367 e. The number of nitrogens with one attached hydrogen (secondary N) is 2. The van der Waals surface area contributed by atoms with Crippen molar-refractivity contribution < 1.29 is 8.78 Å². The average molecular weight is 387 g/mol. The van der Waals surface area contributed by atoms with E-state index in [4.69, 9.17) is 5.26 Å². The third-order valence-corrected chi connectivity index (χ3v) is 5.27. The van der Waals surface area contributed by atoms with Crippen LogP contribution in [0, 0.1) is 11.3 Å². The molecule has 0 radical (unpaired) electrons. The number of fused-ring (bicyclic) bond motifs is 1. The summed E-state index contributed by atoms with van der Waals surface area (Å²) in [5.41, 5.74) is 1.53. The van der Waals surface area contributed by atoms with E-state index in [-0.39, 0.29) is 12.8 Å². The maximum absolute atomic E-state index is 12.4. The van der Waals surface area contributed by atoms with Crippen LogP contribution in [0.5, 0.6) is 0 Å². The summed E-state index contributed by atoms with van der Waals surface area (Å²) < 4.78 is 24.8. The van der Waals surface area contributed by atoms with Crippen LogP contribution in [0.2, 0.25) is 0 Å². The smallest absolute Gasteiger partial charge is 0.249 e. The molecule has 0 atom stereocenters. The number of anilines is 1. The van der Waals surface area contributed by atoms with Gasteiger partial charge >= 0.3 is 0 Å². The van der Waals surface area contributed by atoms with Crippen molar-refractivity contribution in [3.05, 3.63) is 30.1 Å². The summed E-state index contributed by atoms with van der Waals surface area (Å²) in [6.07, 6.45) is 8.54. The standard InChI is InChI=1S/C15H16N4.C6H11F2N/c16-9-11-6-7-14-13(8-11)15(18-10-17-14)19-12-4-2-1-3-5-12;7-6(8)2-1-4-9-5-3-6/h6-8,10,12H,1-5H2,(H,17,18,19);9H,1-5H2. The van der Waals surface area contributed by atoms with E-state index in [1.807, 2.05) is 12.1 Å². The molecule has 150 valence electrons. The molecule has 2 fully saturated rings. The van der Waals surface area contributed by atoms with Gasteiger partial charge in [-0.15, -0.1) is 0 Å². The third-order valence-electron chi connectivity index (χ3n) is 5.27. The molecule has 7 heteroatoms. The van der Waals surface area contributed by atoms with Crippen molar-refractivity contribution in [1.82, 2.24) is 15.3 Å². The molecule has 2 aliphatic rings. The second-order valence-corrected chi connectivity index (χ2v) is 7.50. The fraction of sp³-hybridized carbons (Fsp3) is 0.571. The molecular weight excluding hydrogens is 360 g/mol. The lowest BCUT2D eigenvalue weighted by molar-refractivity contribution is -0.0106. The molecule has 1 aliphatic carbocycles. The molecule has 0 spiro atoms. The maximum Gasteiger partial charge on any atom is 0.249 e. The highest BCUT2D eigenvalue weighted by atomic mass is 19.3. The van der Waals surface area contributed by atoms with Crippen LogP contribution in [-0.4, -0.2) is 35.0 Å². The Morgan fingerprint density at radius 1 is 1.07 bits per heavy atom. The normalized spacial score (nSPS) is 19.8. The van der Waals surface area contributed by atoms with Crippen molar-refractivity contribution >= 4 is 16.7 Å². The van der Waals surface area contributed by atoms with Gasteiger partial charge < -0.3 is 10.6 Å². The van der Waals surface area contributed by atoms with Crippen LogP contribution in [0.4, 0.5) is 14.6 Å². The molecule has 2 N–H and O–H groups in total. The van der Waals surface area contributed by atoms with Crippen LogP contribution in [0.1, 0.15) is 56.9 Å². The van der Waals surface area contributed by atoms with Crippen LogP contribution in [-0.2, 0) is 0 Å². The third kappa shape index (κ3) is 5.83. The Morgan fingerprint density at radius 2 is 1.89 bits per heavy atom. The van der Waals surface area contributed by atoms with Gasteiger partial charge in [-0.1, -0.05) is 19.3 Å². The molecule has 1 saturated heterocycles. The zero-order chi connectivity index (χ0) is 19.8. The zero-order valence-corrected chi connectivity index (χ0v) is 16.1. The van der Waals surface area contributed by atoms with Crippen molar-refractivity contribution in [2.45, 2.75) is 63.3 Å². The van der Waals surface area contributed by atoms with Crippen molar-refractivity contribution in [1.29, 1.82) is 5.26 Å². The summed E-state index contributed by atoms with van der Waals surface area (Å²) in [7, 11) is 0. The Kier molecular flexibility index (Phi) is 7.10. The average Bonchev–Trinajstić information content (AvgIpc) is 2.92. The van der Waals surface area contributed by atoms with Gasteiger partial charge in [-0.05, 0) is 44.0 Å². The quantitative estimate of drug-likeness (QED) is 0.785. The monoisotopic (exact) mass is 387 g/mol. The summed E-state index contributed by atoms with van der Waals surface area (Å²) in [5, 5.41) is 16.4. The van der Waals surface area contributed by atoms with Crippen LogP contribution in [0.15, 0.2) is 24.5 Å². The fourth-order valence-electron chi connectivity index (χ4n) is 3.67. The molecule has 2 heterocycles. The predicted molar refractivity (Wildman–Crippen MR) is 106 cm³/mol. The highest BCUT2D eigenvalue weighted by Crippen LogP contribution is 2.26. The minimum atomic E-state index is -2.40. The van der Waals surface area contributed by atoms with Gasteiger partial charge in [0.15, 0.2) is 0 Å². The van der Waals surface area contributed by atoms with Crippen LogP contribution in [0.25, 0.3) is 10.9 Å². The SMILES string of the molecule is FC1(F)CCCNCC1.N#Cc1ccc2ncnc(NC3CCCCC3)c2c1. The van der Waals surface area contributed by atoms with Gasteiger partial charge in [-0.2, -0.15) is 5.26 Å². The van der Waals surface area contributed by atoms with Gasteiger partial charge in [-0.3, -0.25) is 0 Å². The predicted octanol–water partition coefficient (Wildman–Crippen LogP) is 4.64. The minimum Gasteiger partial charge on any atom is -0.367 e. The first-order chi connectivity index (χ1) is 13.6. The van der Waals surface area contributed by atoms with Gasteiger partial charge in [0.1, 0.15) is 12.1 Å². The van der Waals surface area contributed by atoms with Crippen molar-refractivity contribution in [3.8, 4) is 6.07 Å². The Hall–Kier alpha value is -2.33. The molecule has 1 aromatic carbocycles. The first kappa shape index (κ1) is 20.4. The first-order valence-electron chi connectivity index (χ1n) is 10.1. The lowest BCUT2D eigenvalue weighted by Crippen LogP contribution is -2.23. The molecule has 4 rings (SSSR count). The Balaban J connectivity index is 0.000000211. The molecule has 0 bridgehead atoms. The number of hydrogen-bond donors (Lipinski definition) is 2. The zero-order valence-electron chi connectivity index (χ0n) is 16.1.